The van der Waals surface area contributed by atoms with E-state index in [-0.39, 0.29) is 23.8 Å². The van der Waals surface area contributed by atoms with Gasteiger partial charge in [-0.3, -0.25) is 18.9 Å². The topological polar surface area (TPSA) is 66.7 Å². The predicted molar refractivity (Wildman–Crippen MR) is 153 cm³/mol. The first kappa shape index (κ1) is 27.0. The van der Waals surface area contributed by atoms with Gasteiger partial charge >= 0.3 is 0 Å². The highest BCUT2D eigenvalue weighted by Gasteiger charge is 2.32. The van der Waals surface area contributed by atoms with Gasteiger partial charge in [0.15, 0.2) is 0 Å². The second kappa shape index (κ2) is 12.5. The largest absolute Gasteiger partial charge is 0.369 e. The molecule has 0 radical (unpaired) electrons. The van der Waals surface area contributed by atoms with Gasteiger partial charge in [0.2, 0.25) is 0 Å². The minimum absolute atomic E-state index is 0.236. The molecule has 3 heterocycles. The van der Waals surface area contributed by atoms with Gasteiger partial charge in [-0.25, -0.2) is 9.37 Å². The van der Waals surface area contributed by atoms with Gasteiger partial charge in [0, 0.05) is 12.7 Å². The highest BCUT2D eigenvalue weighted by molar-refractivity contribution is 8.26. The predicted octanol–water partition coefficient (Wildman–Crippen LogP) is 6.32. The average molecular weight is 539 g/mol. The third-order valence-corrected chi connectivity index (χ3v) is 7.69. The van der Waals surface area contributed by atoms with Gasteiger partial charge in [-0.05, 0) is 48.7 Å². The number of anilines is 1. The number of nitrogens with one attached hydrogen (secondary N) is 1. The number of unbranched alkanes of at least 4 members (excludes halogenated alkanes) is 5. The van der Waals surface area contributed by atoms with Gasteiger partial charge in [0.1, 0.15) is 21.6 Å². The van der Waals surface area contributed by atoms with E-state index in [1.807, 2.05) is 13.0 Å². The van der Waals surface area contributed by atoms with E-state index in [2.05, 4.69) is 12.2 Å². The molecule has 0 bridgehead atoms. The van der Waals surface area contributed by atoms with Crippen molar-refractivity contribution in [2.24, 2.45) is 0 Å². The molecule has 1 amide bonds. The summed E-state index contributed by atoms with van der Waals surface area (Å²) in [5.74, 6) is -0.152. The van der Waals surface area contributed by atoms with Crippen LogP contribution in [0.1, 0.15) is 62.1 Å². The summed E-state index contributed by atoms with van der Waals surface area (Å²) in [6, 6.07) is 9.69. The van der Waals surface area contributed by atoms with E-state index in [0.29, 0.717) is 32.8 Å². The van der Waals surface area contributed by atoms with Crippen LogP contribution in [0.3, 0.4) is 0 Å². The van der Waals surface area contributed by atoms with Crippen LogP contribution in [0, 0.1) is 12.7 Å². The smallest absolute Gasteiger partial charge is 0.267 e. The number of halogens is 1. The summed E-state index contributed by atoms with van der Waals surface area (Å²) in [7, 11) is 0. The van der Waals surface area contributed by atoms with Crippen LogP contribution in [0.5, 0.6) is 0 Å². The van der Waals surface area contributed by atoms with E-state index in [9.17, 15) is 14.0 Å². The molecule has 194 valence electrons. The van der Waals surface area contributed by atoms with E-state index in [0.717, 1.165) is 35.7 Å². The van der Waals surface area contributed by atoms with Crippen molar-refractivity contribution in [1.82, 2.24) is 14.3 Å². The van der Waals surface area contributed by atoms with Crippen molar-refractivity contribution in [3.05, 3.63) is 80.4 Å². The third-order valence-electron chi connectivity index (χ3n) is 6.31. The number of carbonyl (C=O) groups excluding carboxylic acids is 1. The van der Waals surface area contributed by atoms with E-state index in [1.165, 1.54) is 47.1 Å². The SMILES string of the molecule is CCCCCCCCNc1nc2c(C)cccn2c(=O)c1/C=C1/SC(=S)N(Cc2ccc(F)cc2)C1=O. The van der Waals surface area contributed by atoms with Crippen molar-refractivity contribution < 1.29 is 9.18 Å². The molecule has 1 fully saturated rings. The van der Waals surface area contributed by atoms with Crippen molar-refractivity contribution >= 4 is 51.7 Å². The Morgan fingerprint density at radius 1 is 1.08 bits per heavy atom. The van der Waals surface area contributed by atoms with Gasteiger partial charge in [0.25, 0.3) is 11.5 Å². The highest BCUT2D eigenvalue weighted by Crippen LogP contribution is 2.34. The lowest BCUT2D eigenvalue weighted by Gasteiger charge is -2.14. The second-order valence-corrected chi connectivity index (χ2v) is 10.8. The molecule has 1 saturated heterocycles. The number of pyridine rings is 1. The quantitative estimate of drug-likeness (QED) is 0.175. The molecule has 0 aliphatic carbocycles. The summed E-state index contributed by atoms with van der Waals surface area (Å²) in [5, 5.41) is 3.35. The first-order valence-electron chi connectivity index (χ1n) is 12.6. The zero-order valence-corrected chi connectivity index (χ0v) is 22.8. The Morgan fingerprint density at radius 2 is 1.81 bits per heavy atom. The molecular weight excluding hydrogens is 507 g/mol. The summed E-state index contributed by atoms with van der Waals surface area (Å²) in [6.07, 6.45) is 10.2. The van der Waals surface area contributed by atoms with Gasteiger partial charge in [0.05, 0.1) is 17.0 Å². The minimum atomic E-state index is -0.338. The number of amides is 1. The van der Waals surface area contributed by atoms with Crippen LogP contribution in [0.2, 0.25) is 0 Å². The molecule has 9 heteroatoms. The maximum absolute atomic E-state index is 13.5. The summed E-state index contributed by atoms with van der Waals surface area (Å²) in [6.45, 7) is 5.04. The monoisotopic (exact) mass is 538 g/mol. The molecule has 1 aromatic carbocycles. The van der Waals surface area contributed by atoms with Crippen LogP contribution in [0.15, 0.2) is 52.3 Å². The maximum atomic E-state index is 13.5. The number of aromatic nitrogens is 2. The van der Waals surface area contributed by atoms with Crippen LogP contribution < -0.4 is 10.9 Å². The summed E-state index contributed by atoms with van der Waals surface area (Å²) in [4.78, 5) is 33.4. The molecule has 3 aromatic rings. The summed E-state index contributed by atoms with van der Waals surface area (Å²) < 4.78 is 15.2. The first-order chi connectivity index (χ1) is 17.9. The fourth-order valence-electron chi connectivity index (χ4n) is 4.23. The van der Waals surface area contributed by atoms with Crippen LogP contribution in [-0.4, -0.2) is 31.1 Å². The van der Waals surface area contributed by atoms with Crippen molar-refractivity contribution in [2.45, 2.75) is 58.9 Å². The number of thiocarbonyl (C=S) groups is 1. The van der Waals surface area contributed by atoms with Crippen LogP contribution >= 0.6 is 24.0 Å². The van der Waals surface area contributed by atoms with Gasteiger partial charge < -0.3 is 5.32 Å². The number of thioether (sulfide) groups is 1. The van der Waals surface area contributed by atoms with Gasteiger partial charge in [-0.2, -0.15) is 0 Å². The van der Waals surface area contributed by atoms with E-state index >= 15 is 0 Å². The lowest BCUT2D eigenvalue weighted by Crippen LogP contribution is -2.27. The highest BCUT2D eigenvalue weighted by atomic mass is 32.2. The molecule has 1 N–H and O–H groups in total. The third kappa shape index (κ3) is 6.45. The number of aryl methyl sites for hydroxylation is 1. The number of hydrogen-bond acceptors (Lipinski definition) is 6. The Bertz CT molecular complexity index is 1390. The number of rotatable bonds is 11. The van der Waals surface area contributed by atoms with E-state index in [1.54, 1.807) is 30.5 Å². The zero-order valence-electron chi connectivity index (χ0n) is 21.1. The summed E-state index contributed by atoms with van der Waals surface area (Å²) >= 11 is 6.62. The van der Waals surface area contributed by atoms with Crippen LogP contribution in [-0.2, 0) is 11.3 Å². The van der Waals surface area contributed by atoms with E-state index < -0.39 is 0 Å². The fourth-order valence-corrected chi connectivity index (χ4v) is 5.47. The van der Waals surface area contributed by atoms with E-state index in [4.69, 9.17) is 17.2 Å². The Balaban J connectivity index is 1.60. The lowest BCUT2D eigenvalue weighted by molar-refractivity contribution is -0.122. The molecule has 0 spiro atoms. The molecule has 4 rings (SSSR count). The van der Waals surface area contributed by atoms with Crippen LogP contribution in [0.4, 0.5) is 10.2 Å². The van der Waals surface area contributed by atoms with Crippen molar-refractivity contribution in [3.63, 3.8) is 0 Å². The second-order valence-electron chi connectivity index (χ2n) is 9.15. The molecule has 1 aliphatic heterocycles. The van der Waals surface area contributed by atoms with Crippen LogP contribution in [0.25, 0.3) is 11.7 Å². The maximum Gasteiger partial charge on any atom is 0.267 e. The molecule has 6 nitrogen and oxygen atoms in total. The van der Waals surface area contributed by atoms with Crippen molar-refractivity contribution in [2.75, 3.05) is 11.9 Å². The fraction of sp³-hybridized carbons (Fsp3) is 0.357. The number of carbonyl (C=O) groups is 1. The average Bonchev–Trinajstić information content (AvgIpc) is 3.14. The molecular formula is C28H31FN4O2S2. The first-order valence-corrected chi connectivity index (χ1v) is 13.9. The number of fused-ring (bicyclic) bond motifs is 1. The van der Waals surface area contributed by atoms with Crippen molar-refractivity contribution in [3.8, 4) is 0 Å². The van der Waals surface area contributed by atoms with Crippen molar-refractivity contribution in [1.29, 1.82) is 0 Å². The van der Waals surface area contributed by atoms with Gasteiger partial charge in [-0.1, -0.05) is 81.2 Å². The molecule has 2 aromatic heterocycles. The normalized spacial score (nSPS) is 14.8. The van der Waals surface area contributed by atoms with Gasteiger partial charge in [-0.15, -0.1) is 0 Å². The molecule has 37 heavy (non-hydrogen) atoms. The Morgan fingerprint density at radius 3 is 2.57 bits per heavy atom. The Labute approximate surface area is 226 Å². The lowest BCUT2D eigenvalue weighted by atomic mass is 10.1. The number of hydrogen-bond donors (Lipinski definition) is 1. The molecule has 0 saturated carbocycles. The Kier molecular flexibility index (Phi) is 9.10. The zero-order chi connectivity index (χ0) is 26.4. The molecule has 0 atom stereocenters. The Hall–Kier alpha value is -3.04. The number of nitrogens with zero attached hydrogens (tertiary/aromatic N) is 3. The summed E-state index contributed by atoms with van der Waals surface area (Å²) in [5.41, 5.74) is 2.32. The molecule has 1 aliphatic rings. The minimum Gasteiger partial charge on any atom is -0.369 e. The number of benzene rings is 1. The molecule has 0 unspecified atom stereocenters. The standard InChI is InChI=1S/C28H31FN4O2S2/c1-3-4-5-6-7-8-15-30-24-22(26(34)32-16-9-10-19(2)25(32)31-24)17-23-27(35)33(28(36)37-23)18-20-11-13-21(29)14-12-20/h9-14,16-17,30H,3-8,15,18H2,1-2H3/b23-17+.